The third-order valence-electron chi connectivity index (χ3n) is 3.98. The standard InChI is InChI=1S/C15H18N4O/c16-14-11-6-7-18-9-10(11)4-5-12(14)19-8-2-1-3-13(19)15(17)20/h4-7,9,13H,1-3,8,16H2,(H2,17,20). The van der Waals surface area contributed by atoms with E-state index in [9.17, 15) is 4.79 Å². The quantitative estimate of drug-likeness (QED) is 0.813. The van der Waals surface area contributed by atoms with Crippen molar-refractivity contribution in [1.82, 2.24) is 4.98 Å². The van der Waals surface area contributed by atoms with Crippen LogP contribution in [0.4, 0.5) is 11.4 Å². The summed E-state index contributed by atoms with van der Waals surface area (Å²) in [4.78, 5) is 17.8. The van der Waals surface area contributed by atoms with Crippen LogP contribution >= 0.6 is 0 Å². The first-order valence-electron chi connectivity index (χ1n) is 6.86. The molecule has 4 N–H and O–H groups in total. The number of amides is 1. The fraction of sp³-hybridized carbons (Fsp3) is 0.333. The summed E-state index contributed by atoms with van der Waals surface area (Å²) in [6.45, 7) is 0.814. The fourth-order valence-corrected chi connectivity index (χ4v) is 2.95. The average Bonchev–Trinajstić information content (AvgIpc) is 2.48. The van der Waals surface area contributed by atoms with E-state index in [2.05, 4.69) is 4.98 Å². The van der Waals surface area contributed by atoms with E-state index in [1.165, 1.54) is 0 Å². The number of aromatic nitrogens is 1. The lowest BCUT2D eigenvalue weighted by atomic mass is 9.99. The Bertz CT molecular complexity index is 655. The molecule has 0 aliphatic carbocycles. The van der Waals surface area contributed by atoms with Crippen LogP contribution in [0.25, 0.3) is 10.8 Å². The van der Waals surface area contributed by atoms with Crippen LogP contribution in [0.2, 0.25) is 0 Å². The van der Waals surface area contributed by atoms with Crippen molar-refractivity contribution < 1.29 is 4.79 Å². The van der Waals surface area contributed by atoms with Crippen molar-refractivity contribution in [2.45, 2.75) is 25.3 Å². The molecule has 1 atom stereocenters. The average molecular weight is 270 g/mol. The van der Waals surface area contributed by atoms with Gasteiger partial charge in [0.1, 0.15) is 6.04 Å². The van der Waals surface area contributed by atoms with Gasteiger partial charge in [0.2, 0.25) is 5.91 Å². The molecule has 0 bridgehead atoms. The molecule has 0 saturated carbocycles. The highest BCUT2D eigenvalue weighted by Gasteiger charge is 2.28. The van der Waals surface area contributed by atoms with Gasteiger partial charge in [-0.25, -0.2) is 0 Å². The maximum absolute atomic E-state index is 11.6. The number of rotatable bonds is 2. The normalized spacial score (nSPS) is 19.2. The van der Waals surface area contributed by atoms with Crippen molar-refractivity contribution in [2.75, 3.05) is 17.2 Å². The lowest BCUT2D eigenvalue weighted by Crippen LogP contribution is -2.48. The number of hydrogen-bond donors (Lipinski definition) is 2. The fourth-order valence-electron chi connectivity index (χ4n) is 2.95. The van der Waals surface area contributed by atoms with Gasteiger partial charge in [-0.3, -0.25) is 9.78 Å². The van der Waals surface area contributed by atoms with Crippen LogP contribution in [0.5, 0.6) is 0 Å². The summed E-state index contributed by atoms with van der Waals surface area (Å²) >= 11 is 0. The summed E-state index contributed by atoms with van der Waals surface area (Å²) in [5.74, 6) is -0.279. The Hall–Kier alpha value is -2.30. The van der Waals surface area contributed by atoms with Crippen LogP contribution in [0.1, 0.15) is 19.3 Å². The highest BCUT2D eigenvalue weighted by molar-refractivity contribution is 5.99. The first kappa shape index (κ1) is 12.7. The van der Waals surface area contributed by atoms with Gasteiger partial charge >= 0.3 is 0 Å². The number of carbonyl (C=O) groups is 1. The first-order chi connectivity index (χ1) is 9.68. The van der Waals surface area contributed by atoms with E-state index < -0.39 is 0 Å². The molecule has 1 aromatic heterocycles. The van der Waals surface area contributed by atoms with Crippen molar-refractivity contribution in [3.05, 3.63) is 30.6 Å². The topological polar surface area (TPSA) is 85.2 Å². The van der Waals surface area contributed by atoms with Crippen LogP contribution in [0.3, 0.4) is 0 Å². The Kier molecular flexibility index (Phi) is 3.18. The monoisotopic (exact) mass is 270 g/mol. The molecule has 2 heterocycles. The summed E-state index contributed by atoms with van der Waals surface area (Å²) < 4.78 is 0. The molecule has 1 aromatic carbocycles. The van der Waals surface area contributed by atoms with Gasteiger partial charge in [-0.1, -0.05) is 6.07 Å². The zero-order valence-electron chi connectivity index (χ0n) is 11.2. The molecule has 104 valence electrons. The second-order valence-electron chi connectivity index (χ2n) is 5.20. The number of nitrogens with zero attached hydrogens (tertiary/aromatic N) is 2. The summed E-state index contributed by atoms with van der Waals surface area (Å²) in [5, 5.41) is 1.97. The molecule has 2 aromatic rings. The number of piperidine rings is 1. The van der Waals surface area contributed by atoms with Crippen molar-refractivity contribution in [1.29, 1.82) is 0 Å². The Labute approximate surface area is 117 Å². The summed E-state index contributed by atoms with van der Waals surface area (Å²) in [6.07, 6.45) is 6.39. The van der Waals surface area contributed by atoms with E-state index in [1.807, 2.05) is 23.1 Å². The second-order valence-corrected chi connectivity index (χ2v) is 5.20. The van der Waals surface area contributed by atoms with Gasteiger partial charge in [-0.2, -0.15) is 0 Å². The SMILES string of the molecule is NC(=O)C1CCCCN1c1ccc2cnccc2c1N. The third kappa shape index (κ3) is 2.05. The summed E-state index contributed by atoms with van der Waals surface area (Å²) in [5.41, 5.74) is 13.4. The summed E-state index contributed by atoms with van der Waals surface area (Å²) in [6, 6.07) is 5.59. The number of nitrogens with two attached hydrogens (primary N) is 2. The molecule has 1 amide bonds. The summed E-state index contributed by atoms with van der Waals surface area (Å²) in [7, 11) is 0. The van der Waals surface area contributed by atoms with Crippen LogP contribution in [0, 0.1) is 0 Å². The van der Waals surface area contributed by atoms with E-state index >= 15 is 0 Å². The number of carbonyl (C=O) groups excluding carboxylic acids is 1. The van der Waals surface area contributed by atoms with Crippen LogP contribution in [-0.4, -0.2) is 23.5 Å². The molecule has 3 rings (SSSR count). The third-order valence-corrected chi connectivity index (χ3v) is 3.98. The van der Waals surface area contributed by atoms with Gasteiger partial charge in [0.25, 0.3) is 0 Å². The van der Waals surface area contributed by atoms with Gasteiger partial charge in [0, 0.05) is 29.7 Å². The van der Waals surface area contributed by atoms with Crippen LogP contribution < -0.4 is 16.4 Å². The molecule has 1 aliphatic heterocycles. The molecule has 20 heavy (non-hydrogen) atoms. The number of anilines is 2. The number of hydrogen-bond acceptors (Lipinski definition) is 4. The number of primary amides is 1. The maximum Gasteiger partial charge on any atom is 0.240 e. The molecule has 1 saturated heterocycles. The lowest BCUT2D eigenvalue weighted by molar-refractivity contribution is -0.119. The molecule has 5 heteroatoms. The minimum atomic E-state index is -0.279. The smallest absolute Gasteiger partial charge is 0.240 e. The van der Waals surface area contributed by atoms with Crippen LogP contribution in [-0.2, 0) is 4.79 Å². The Balaban J connectivity index is 2.08. The molecule has 0 radical (unpaired) electrons. The minimum Gasteiger partial charge on any atom is -0.397 e. The zero-order valence-corrected chi connectivity index (χ0v) is 11.2. The molecule has 1 fully saturated rings. The number of benzene rings is 1. The molecular formula is C15H18N4O. The number of pyridine rings is 1. The van der Waals surface area contributed by atoms with Crippen LogP contribution in [0.15, 0.2) is 30.6 Å². The molecule has 1 aliphatic rings. The molecular weight excluding hydrogens is 252 g/mol. The lowest BCUT2D eigenvalue weighted by Gasteiger charge is -2.36. The van der Waals surface area contributed by atoms with Gasteiger partial charge in [0.15, 0.2) is 0 Å². The Morgan fingerprint density at radius 3 is 2.95 bits per heavy atom. The Morgan fingerprint density at radius 1 is 1.30 bits per heavy atom. The maximum atomic E-state index is 11.6. The van der Waals surface area contributed by atoms with E-state index in [4.69, 9.17) is 11.5 Å². The molecule has 1 unspecified atom stereocenters. The van der Waals surface area contributed by atoms with Gasteiger partial charge in [-0.05, 0) is 31.4 Å². The predicted octanol–water partition coefficient (Wildman–Crippen LogP) is 1.66. The Morgan fingerprint density at radius 2 is 2.15 bits per heavy atom. The van der Waals surface area contributed by atoms with E-state index in [1.54, 1.807) is 12.4 Å². The van der Waals surface area contributed by atoms with Crippen molar-refractivity contribution in [3.63, 3.8) is 0 Å². The van der Waals surface area contributed by atoms with E-state index in [0.717, 1.165) is 42.3 Å². The van der Waals surface area contributed by atoms with Gasteiger partial charge in [0.05, 0.1) is 11.4 Å². The predicted molar refractivity (Wildman–Crippen MR) is 80.3 cm³/mol. The number of fused-ring (bicyclic) bond motifs is 1. The highest BCUT2D eigenvalue weighted by atomic mass is 16.1. The minimum absolute atomic E-state index is 0.259. The second kappa shape index (κ2) is 5.00. The highest BCUT2D eigenvalue weighted by Crippen LogP contribution is 2.34. The van der Waals surface area contributed by atoms with Crippen molar-refractivity contribution >= 4 is 28.1 Å². The number of nitrogen functional groups attached to an aromatic ring is 1. The van der Waals surface area contributed by atoms with Crippen molar-refractivity contribution in [3.8, 4) is 0 Å². The van der Waals surface area contributed by atoms with E-state index in [-0.39, 0.29) is 11.9 Å². The largest absolute Gasteiger partial charge is 0.397 e. The molecule has 5 nitrogen and oxygen atoms in total. The first-order valence-corrected chi connectivity index (χ1v) is 6.86. The van der Waals surface area contributed by atoms with Gasteiger partial charge in [-0.15, -0.1) is 0 Å². The van der Waals surface area contributed by atoms with E-state index in [0.29, 0.717) is 5.69 Å². The molecule has 0 spiro atoms. The van der Waals surface area contributed by atoms with Crippen molar-refractivity contribution in [2.24, 2.45) is 5.73 Å². The van der Waals surface area contributed by atoms with Gasteiger partial charge < -0.3 is 16.4 Å². The zero-order chi connectivity index (χ0) is 14.1.